The van der Waals surface area contributed by atoms with Crippen molar-refractivity contribution in [1.82, 2.24) is 20.9 Å². The molecule has 1 aliphatic heterocycles. The first-order chi connectivity index (χ1) is 21.3. The Labute approximate surface area is 263 Å². The van der Waals surface area contributed by atoms with Crippen molar-refractivity contribution < 1.29 is 29.1 Å². The molecular formula is C34H54N4O6. The van der Waals surface area contributed by atoms with E-state index in [9.17, 15) is 29.1 Å². The molecule has 2 atom stereocenters. The minimum Gasteiger partial charge on any atom is -0.480 e. The second-order valence-corrected chi connectivity index (χ2v) is 11.8. The Bertz CT molecular complexity index is 1020. The van der Waals surface area contributed by atoms with E-state index in [0.29, 0.717) is 25.8 Å². The molecule has 0 aliphatic carbocycles. The number of carboxylic acids is 1. The van der Waals surface area contributed by atoms with Gasteiger partial charge in [0.2, 0.25) is 23.6 Å². The van der Waals surface area contributed by atoms with Crippen LogP contribution in [0.3, 0.4) is 0 Å². The molecule has 0 radical (unpaired) electrons. The molecule has 4 amide bonds. The molecule has 44 heavy (non-hydrogen) atoms. The van der Waals surface area contributed by atoms with Crippen molar-refractivity contribution in [3.63, 3.8) is 0 Å². The third kappa shape index (κ3) is 15.3. The van der Waals surface area contributed by atoms with Gasteiger partial charge in [-0.3, -0.25) is 19.2 Å². The molecule has 0 bridgehead atoms. The number of aliphatic carboxylic acids is 1. The van der Waals surface area contributed by atoms with Crippen molar-refractivity contribution in [2.75, 3.05) is 19.6 Å². The fraction of sp³-hybridized carbons (Fsp3) is 0.676. The lowest BCUT2D eigenvalue weighted by atomic mass is 10.1. The maximum Gasteiger partial charge on any atom is 0.326 e. The number of likely N-dealkylation sites (tertiary alicyclic amines) is 1. The number of rotatable bonds is 23. The molecule has 1 saturated heterocycles. The Morgan fingerprint density at radius 1 is 0.795 bits per heavy atom. The van der Waals surface area contributed by atoms with Crippen LogP contribution in [0.15, 0.2) is 30.3 Å². The van der Waals surface area contributed by atoms with Crippen LogP contribution in [0, 0.1) is 0 Å². The van der Waals surface area contributed by atoms with Gasteiger partial charge in [-0.2, -0.15) is 0 Å². The summed E-state index contributed by atoms with van der Waals surface area (Å²) in [5.74, 6) is -2.18. The minimum atomic E-state index is -1.13. The number of hydrogen-bond acceptors (Lipinski definition) is 5. The van der Waals surface area contributed by atoms with Crippen LogP contribution < -0.4 is 16.0 Å². The zero-order valence-electron chi connectivity index (χ0n) is 26.6. The van der Waals surface area contributed by atoms with E-state index in [1.54, 1.807) is 12.1 Å². The topological polar surface area (TPSA) is 145 Å². The molecule has 246 valence electrons. The van der Waals surface area contributed by atoms with E-state index in [-0.39, 0.29) is 50.1 Å². The van der Waals surface area contributed by atoms with Crippen LogP contribution >= 0.6 is 0 Å². The summed E-state index contributed by atoms with van der Waals surface area (Å²) in [6.07, 6.45) is 15.4. The van der Waals surface area contributed by atoms with Crippen molar-refractivity contribution in [3.05, 3.63) is 35.9 Å². The summed E-state index contributed by atoms with van der Waals surface area (Å²) < 4.78 is 0. The highest BCUT2D eigenvalue weighted by atomic mass is 16.4. The van der Waals surface area contributed by atoms with Crippen LogP contribution in [0.4, 0.5) is 0 Å². The molecule has 0 aromatic heterocycles. The Morgan fingerprint density at radius 2 is 1.36 bits per heavy atom. The quantitative estimate of drug-likeness (QED) is 0.134. The van der Waals surface area contributed by atoms with Gasteiger partial charge in [-0.1, -0.05) is 101 Å². The first kappa shape index (κ1) is 36.8. The van der Waals surface area contributed by atoms with Crippen molar-refractivity contribution in [2.45, 2.75) is 128 Å². The first-order valence-corrected chi connectivity index (χ1v) is 16.7. The number of carbonyl (C=O) groups excluding carboxylic acids is 4. The van der Waals surface area contributed by atoms with Crippen molar-refractivity contribution >= 4 is 29.6 Å². The van der Waals surface area contributed by atoms with E-state index >= 15 is 0 Å². The standard InChI is InChI=1S/C34H54N4O6/c1-2-3-4-5-6-7-8-9-10-11-15-20-30(39)35-23-21-31(40)36-24-22-32(41)38-25-16-19-29(38)33(42)37-28(34(43)44)26-27-17-13-12-14-18-27/h12-14,17-18,28-29H,2-11,15-16,19-26H2,1H3,(H,35,39)(H,36,40)(H,37,42)(H,43,44). The predicted molar refractivity (Wildman–Crippen MR) is 171 cm³/mol. The lowest BCUT2D eigenvalue weighted by Gasteiger charge is -2.25. The number of nitrogens with one attached hydrogen (secondary N) is 3. The van der Waals surface area contributed by atoms with E-state index in [1.807, 2.05) is 18.2 Å². The third-order valence-corrected chi connectivity index (χ3v) is 8.12. The number of unbranched alkanes of at least 4 members (excludes halogenated alkanes) is 10. The summed E-state index contributed by atoms with van der Waals surface area (Å²) in [6, 6.07) is 7.23. The molecule has 1 aliphatic rings. The molecule has 2 rings (SSSR count). The highest BCUT2D eigenvalue weighted by Crippen LogP contribution is 2.19. The SMILES string of the molecule is CCCCCCCCCCCCCC(=O)NCCC(=O)NCCC(=O)N1CCCC1C(=O)NC(Cc1ccccc1)C(=O)O. The molecule has 1 aromatic carbocycles. The molecule has 4 N–H and O–H groups in total. The summed E-state index contributed by atoms with van der Waals surface area (Å²) in [5, 5.41) is 17.7. The second kappa shape index (κ2) is 22.1. The third-order valence-electron chi connectivity index (χ3n) is 8.12. The maximum absolute atomic E-state index is 12.9. The average Bonchev–Trinajstić information content (AvgIpc) is 3.50. The van der Waals surface area contributed by atoms with E-state index in [2.05, 4.69) is 22.9 Å². The smallest absolute Gasteiger partial charge is 0.326 e. The molecule has 10 nitrogen and oxygen atoms in total. The summed E-state index contributed by atoms with van der Waals surface area (Å²) in [4.78, 5) is 63.2. The largest absolute Gasteiger partial charge is 0.480 e. The summed E-state index contributed by atoms with van der Waals surface area (Å²) in [5.41, 5.74) is 0.791. The average molecular weight is 615 g/mol. The molecule has 1 aromatic rings. The van der Waals surface area contributed by atoms with Gasteiger partial charge in [0, 0.05) is 45.3 Å². The number of carbonyl (C=O) groups is 5. The first-order valence-electron chi connectivity index (χ1n) is 16.7. The zero-order chi connectivity index (χ0) is 32.0. The van der Waals surface area contributed by atoms with Gasteiger partial charge in [-0.15, -0.1) is 0 Å². The molecule has 1 fully saturated rings. The van der Waals surface area contributed by atoms with Gasteiger partial charge in [0.15, 0.2) is 0 Å². The number of hydrogen-bond donors (Lipinski definition) is 4. The van der Waals surface area contributed by atoms with Gasteiger partial charge < -0.3 is 26.0 Å². The Kier molecular flexibility index (Phi) is 18.5. The van der Waals surface area contributed by atoms with E-state index in [1.165, 1.54) is 56.3 Å². The van der Waals surface area contributed by atoms with Gasteiger partial charge >= 0.3 is 5.97 Å². The van der Waals surface area contributed by atoms with Crippen LogP contribution in [0.5, 0.6) is 0 Å². The van der Waals surface area contributed by atoms with Gasteiger partial charge in [0.25, 0.3) is 0 Å². The number of benzene rings is 1. The van der Waals surface area contributed by atoms with Gasteiger partial charge in [-0.25, -0.2) is 4.79 Å². The lowest BCUT2D eigenvalue weighted by molar-refractivity contribution is -0.143. The fourth-order valence-corrected chi connectivity index (χ4v) is 5.55. The summed E-state index contributed by atoms with van der Waals surface area (Å²) in [6.45, 7) is 3.02. The number of amides is 4. The number of carboxylic acid groups (broad SMARTS) is 1. The van der Waals surface area contributed by atoms with Crippen molar-refractivity contribution in [3.8, 4) is 0 Å². The minimum absolute atomic E-state index is 0.0348. The Morgan fingerprint density at radius 3 is 1.98 bits per heavy atom. The van der Waals surface area contributed by atoms with Gasteiger partial charge in [-0.05, 0) is 24.8 Å². The Hall–Kier alpha value is -3.43. The van der Waals surface area contributed by atoms with E-state index < -0.39 is 24.0 Å². The van der Waals surface area contributed by atoms with Crippen molar-refractivity contribution in [2.24, 2.45) is 0 Å². The second-order valence-electron chi connectivity index (χ2n) is 11.8. The molecule has 0 saturated carbocycles. The predicted octanol–water partition coefficient (Wildman–Crippen LogP) is 4.50. The van der Waals surface area contributed by atoms with Crippen LogP contribution in [0.25, 0.3) is 0 Å². The van der Waals surface area contributed by atoms with E-state index in [4.69, 9.17) is 0 Å². The van der Waals surface area contributed by atoms with Crippen LogP contribution in [0.2, 0.25) is 0 Å². The van der Waals surface area contributed by atoms with Crippen LogP contribution in [-0.2, 0) is 30.4 Å². The van der Waals surface area contributed by atoms with Crippen LogP contribution in [0.1, 0.15) is 115 Å². The highest BCUT2D eigenvalue weighted by molar-refractivity contribution is 5.91. The Balaban J connectivity index is 1.55. The molecular weight excluding hydrogens is 560 g/mol. The van der Waals surface area contributed by atoms with Gasteiger partial charge in [0.1, 0.15) is 12.1 Å². The lowest BCUT2D eigenvalue weighted by Crippen LogP contribution is -2.51. The maximum atomic E-state index is 12.9. The fourth-order valence-electron chi connectivity index (χ4n) is 5.55. The summed E-state index contributed by atoms with van der Waals surface area (Å²) >= 11 is 0. The van der Waals surface area contributed by atoms with Gasteiger partial charge in [0.05, 0.1) is 0 Å². The monoisotopic (exact) mass is 614 g/mol. The van der Waals surface area contributed by atoms with Crippen LogP contribution in [-0.4, -0.2) is 71.3 Å². The zero-order valence-corrected chi connectivity index (χ0v) is 26.6. The number of nitrogens with zero attached hydrogens (tertiary/aromatic N) is 1. The highest BCUT2D eigenvalue weighted by Gasteiger charge is 2.35. The van der Waals surface area contributed by atoms with E-state index in [0.717, 1.165) is 24.8 Å². The summed E-state index contributed by atoms with van der Waals surface area (Å²) in [7, 11) is 0. The molecule has 10 heteroatoms. The van der Waals surface area contributed by atoms with Crippen molar-refractivity contribution in [1.29, 1.82) is 0 Å². The molecule has 0 spiro atoms. The molecule has 1 heterocycles. The molecule has 2 unspecified atom stereocenters. The normalized spacial score (nSPS) is 15.0.